The van der Waals surface area contributed by atoms with Crippen LogP contribution in [-0.4, -0.2) is 44.4 Å². The summed E-state index contributed by atoms with van der Waals surface area (Å²) in [6, 6.07) is 10.5. The Morgan fingerprint density at radius 1 is 1.17 bits per heavy atom. The molecule has 3 atom stereocenters. The van der Waals surface area contributed by atoms with Crippen LogP contribution in [0.1, 0.15) is 50.8 Å². The van der Waals surface area contributed by atoms with Crippen LogP contribution in [0, 0.1) is 28.5 Å². The zero-order valence-corrected chi connectivity index (χ0v) is 20.6. The van der Waals surface area contributed by atoms with E-state index < -0.39 is 5.82 Å². The first kappa shape index (κ1) is 24.4. The molecule has 3 aromatic rings. The maximum absolute atomic E-state index is 13.8. The predicted molar refractivity (Wildman–Crippen MR) is 132 cm³/mol. The van der Waals surface area contributed by atoms with Gasteiger partial charge in [0.15, 0.2) is 0 Å². The molecule has 1 saturated heterocycles. The van der Waals surface area contributed by atoms with Gasteiger partial charge in [-0.3, -0.25) is 14.4 Å². The maximum atomic E-state index is 13.8. The molecule has 0 bridgehead atoms. The van der Waals surface area contributed by atoms with E-state index in [-0.39, 0.29) is 30.2 Å². The van der Waals surface area contributed by atoms with Crippen molar-refractivity contribution in [3.63, 3.8) is 0 Å². The molecule has 1 aliphatic heterocycles. The summed E-state index contributed by atoms with van der Waals surface area (Å²) < 4.78 is 16.9. The van der Waals surface area contributed by atoms with Gasteiger partial charge in [-0.15, -0.1) is 0 Å². The Kier molecular flexibility index (Phi) is 6.90. The van der Waals surface area contributed by atoms with Crippen LogP contribution in [0.3, 0.4) is 0 Å². The Hall–Kier alpha value is -3.69. The van der Waals surface area contributed by atoms with Crippen molar-refractivity contribution in [2.24, 2.45) is 7.05 Å². The normalized spacial score (nSPS) is 19.5. The highest BCUT2D eigenvalue weighted by atomic mass is 19.1. The minimum atomic E-state index is -0.411. The van der Waals surface area contributed by atoms with Crippen LogP contribution in [0.2, 0.25) is 0 Å². The van der Waals surface area contributed by atoms with Crippen LogP contribution >= 0.6 is 0 Å². The molecule has 35 heavy (non-hydrogen) atoms. The van der Waals surface area contributed by atoms with Crippen molar-refractivity contribution < 1.29 is 4.39 Å². The second-order valence-electron chi connectivity index (χ2n) is 9.14. The van der Waals surface area contributed by atoms with Crippen LogP contribution in [0.4, 0.5) is 10.1 Å². The van der Waals surface area contributed by atoms with Gasteiger partial charge in [-0.05, 0) is 37.5 Å². The minimum absolute atomic E-state index is 0.0649. The Bertz CT molecular complexity index is 1380. The van der Waals surface area contributed by atoms with E-state index in [9.17, 15) is 14.4 Å². The SMILES string of the molecule is CC[C@H]1CN([C@@H](C)c2ccc(F)cc2C#N)[C@H](CC)CN1c1cc(=O)n(C)c2cn(CC#N)nc12. The minimum Gasteiger partial charge on any atom is -0.364 e. The van der Waals surface area contributed by atoms with Crippen molar-refractivity contribution in [1.29, 1.82) is 10.5 Å². The standard InChI is InChI=1S/C26H30FN7O/c1-5-20-15-34(23-12-25(35)31(4)24-16-32(10-9-28)30-26(23)24)21(6-2)14-33(20)17(3)22-8-7-19(27)11-18(22)13-29/h7-8,11-12,16-17,20-21H,5-6,10,14-15H2,1-4H3/t17-,20+,21-/m0/s1. The zero-order chi connectivity index (χ0) is 25.3. The fraction of sp³-hybridized carbons (Fsp3) is 0.462. The van der Waals surface area contributed by atoms with E-state index >= 15 is 0 Å². The number of rotatable bonds is 6. The van der Waals surface area contributed by atoms with Crippen LogP contribution in [0.25, 0.3) is 11.0 Å². The van der Waals surface area contributed by atoms with Gasteiger partial charge in [-0.25, -0.2) is 4.39 Å². The molecular formula is C26H30FN7O. The van der Waals surface area contributed by atoms with Gasteiger partial charge in [0.25, 0.3) is 5.56 Å². The van der Waals surface area contributed by atoms with E-state index in [0.29, 0.717) is 23.1 Å². The summed E-state index contributed by atoms with van der Waals surface area (Å²) in [5.74, 6) is -0.411. The summed E-state index contributed by atoms with van der Waals surface area (Å²) in [6.45, 7) is 7.86. The Morgan fingerprint density at radius 3 is 2.57 bits per heavy atom. The third kappa shape index (κ3) is 4.40. The lowest BCUT2D eigenvalue weighted by atomic mass is 9.94. The first-order valence-corrected chi connectivity index (χ1v) is 12.0. The van der Waals surface area contributed by atoms with E-state index in [2.05, 4.69) is 47.8 Å². The van der Waals surface area contributed by atoms with Crippen molar-refractivity contribution in [2.75, 3.05) is 18.0 Å². The highest BCUT2D eigenvalue weighted by Crippen LogP contribution is 2.35. The summed E-state index contributed by atoms with van der Waals surface area (Å²) in [5, 5.41) is 23.4. The molecule has 2 aromatic heterocycles. The second kappa shape index (κ2) is 9.89. The van der Waals surface area contributed by atoms with Gasteiger partial charge in [-0.1, -0.05) is 19.9 Å². The molecule has 0 N–H and O–H groups in total. The molecular weight excluding hydrogens is 445 g/mol. The molecule has 0 saturated carbocycles. The lowest BCUT2D eigenvalue weighted by molar-refractivity contribution is 0.101. The molecule has 0 spiro atoms. The molecule has 0 aliphatic carbocycles. The number of nitrogens with zero attached hydrogens (tertiary/aromatic N) is 7. The fourth-order valence-corrected chi connectivity index (χ4v) is 5.23. The van der Waals surface area contributed by atoms with Crippen molar-refractivity contribution in [3.05, 3.63) is 57.8 Å². The molecule has 182 valence electrons. The lowest BCUT2D eigenvalue weighted by Gasteiger charge is -2.49. The van der Waals surface area contributed by atoms with E-state index in [1.807, 2.05) is 0 Å². The second-order valence-corrected chi connectivity index (χ2v) is 9.14. The first-order valence-electron chi connectivity index (χ1n) is 12.0. The number of hydrogen-bond donors (Lipinski definition) is 0. The molecule has 4 rings (SSSR count). The van der Waals surface area contributed by atoms with Crippen LogP contribution < -0.4 is 10.5 Å². The smallest absolute Gasteiger partial charge is 0.252 e. The largest absolute Gasteiger partial charge is 0.364 e. The Morgan fingerprint density at radius 2 is 1.91 bits per heavy atom. The Balaban J connectivity index is 1.74. The monoisotopic (exact) mass is 475 g/mol. The maximum Gasteiger partial charge on any atom is 0.252 e. The third-order valence-electron chi connectivity index (χ3n) is 7.24. The van der Waals surface area contributed by atoms with E-state index in [1.165, 1.54) is 12.1 Å². The molecule has 1 aromatic carbocycles. The van der Waals surface area contributed by atoms with Gasteiger partial charge in [-0.2, -0.15) is 15.6 Å². The Labute approximate surface area is 204 Å². The molecule has 8 nitrogen and oxygen atoms in total. The number of halogens is 1. The summed E-state index contributed by atoms with van der Waals surface area (Å²) in [4.78, 5) is 17.5. The summed E-state index contributed by atoms with van der Waals surface area (Å²) >= 11 is 0. The highest BCUT2D eigenvalue weighted by Gasteiger charge is 2.37. The number of fused-ring (bicyclic) bond motifs is 1. The quantitative estimate of drug-likeness (QED) is 0.540. The van der Waals surface area contributed by atoms with E-state index in [4.69, 9.17) is 5.26 Å². The molecule has 1 fully saturated rings. The average molecular weight is 476 g/mol. The lowest BCUT2D eigenvalue weighted by Crippen LogP contribution is -2.58. The molecule has 9 heteroatoms. The molecule has 3 heterocycles. The zero-order valence-electron chi connectivity index (χ0n) is 20.6. The van der Waals surface area contributed by atoms with Crippen molar-refractivity contribution >= 4 is 16.7 Å². The fourth-order valence-electron chi connectivity index (χ4n) is 5.23. The number of anilines is 1. The van der Waals surface area contributed by atoms with Crippen LogP contribution in [-0.2, 0) is 13.6 Å². The molecule has 1 aliphatic rings. The number of hydrogen-bond acceptors (Lipinski definition) is 6. The number of nitriles is 2. The molecule has 0 unspecified atom stereocenters. The highest BCUT2D eigenvalue weighted by molar-refractivity contribution is 5.88. The summed E-state index contributed by atoms with van der Waals surface area (Å²) in [5.41, 5.74) is 3.26. The average Bonchev–Trinajstić information content (AvgIpc) is 3.29. The van der Waals surface area contributed by atoms with Gasteiger partial charge in [0.05, 0.1) is 35.1 Å². The van der Waals surface area contributed by atoms with Gasteiger partial charge < -0.3 is 9.47 Å². The van der Waals surface area contributed by atoms with Gasteiger partial charge in [0.2, 0.25) is 0 Å². The van der Waals surface area contributed by atoms with E-state index in [1.54, 1.807) is 34.6 Å². The first-order chi connectivity index (χ1) is 16.8. The number of aromatic nitrogens is 3. The van der Waals surface area contributed by atoms with Crippen molar-refractivity contribution in [1.82, 2.24) is 19.2 Å². The van der Waals surface area contributed by atoms with Gasteiger partial charge in [0, 0.05) is 44.3 Å². The van der Waals surface area contributed by atoms with Gasteiger partial charge in [0.1, 0.15) is 17.9 Å². The van der Waals surface area contributed by atoms with Crippen LogP contribution in [0.15, 0.2) is 35.3 Å². The summed E-state index contributed by atoms with van der Waals surface area (Å²) in [6.07, 6.45) is 3.47. The number of piperazine rings is 1. The number of aryl methyl sites for hydroxylation is 1. The number of pyridine rings is 1. The van der Waals surface area contributed by atoms with Crippen molar-refractivity contribution in [3.8, 4) is 12.1 Å². The molecule has 0 radical (unpaired) electrons. The van der Waals surface area contributed by atoms with Gasteiger partial charge >= 0.3 is 0 Å². The van der Waals surface area contributed by atoms with Crippen LogP contribution in [0.5, 0.6) is 0 Å². The van der Waals surface area contributed by atoms with E-state index in [0.717, 1.165) is 30.6 Å². The topological polar surface area (TPSA) is 93.9 Å². The van der Waals surface area contributed by atoms with Crippen molar-refractivity contribution in [2.45, 2.75) is 58.3 Å². The molecule has 0 amide bonds. The predicted octanol–water partition coefficient (Wildman–Crippen LogP) is 3.71. The number of benzene rings is 1. The third-order valence-corrected chi connectivity index (χ3v) is 7.24. The summed E-state index contributed by atoms with van der Waals surface area (Å²) in [7, 11) is 1.72.